The minimum atomic E-state index is -0.715. The number of hydrogen-bond donors (Lipinski definition) is 1. The van der Waals surface area contributed by atoms with Crippen molar-refractivity contribution in [3.8, 4) is 5.75 Å². The number of aliphatic hydroxyl groups excluding tert-OH is 1. The number of Topliss-reactive ketones (excluding diaryl/α,β-unsaturated/α-hetero) is 1. The second kappa shape index (κ2) is 10.1. The van der Waals surface area contributed by atoms with Crippen molar-refractivity contribution in [2.75, 3.05) is 0 Å². The summed E-state index contributed by atoms with van der Waals surface area (Å²) in [6, 6.07) is 16.0. The highest BCUT2D eigenvalue weighted by Gasteiger charge is 2.46. The van der Waals surface area contributed by atoms with Crippen molar-refractivity contribution in [2.45, 2.75) is 52.8 Å². The van der Waals surface area contributed by atoms with E-state index in [0.29, 0.717) is 11.3 Å². The lowest BCUT2D eigenvalue weighted by atomic mass is 9.94. The van der Waals surface area contributed by atoms with Gasteiger partial charge in [0, 0.05) is 24.5 Å². The third-order valence-electron chi connectivity index (χ3n) is 6.13. The van der Waals surface area contributed by atoms with Gasteiger partial charge in [0.2, 0.25) is 0 Å². The van der Waals surface area contributed by atoms with E-state index in [2.05, 4.69) is 11.9 Å². The summed E-state index contributed by atoms with van der Waals surface area (Å²) >= 11 is 0. The molecule has 1 aliphatic rings. The van der Waals surface area contributed by atoms with Gasteiger partial charge in [-0.3, -0.25) is 14.6 Å². The topological polar surface area (TPSA) is 79.7 Å². The first kappa shape index (κ1) is 24.2. The van der Waals surface area contributed by atoms with Crippen molar-refractivity contribution in [2.24, 2.45) is 0 Å². The first-order valence-corrected chi connectivity index (χ1v) is 11.8. The summed E-state index contributed by atoms with van der Waals surface area (Å²) in [4.78, 5) is 32.1. The van der Waals surface area contributed by atoms with Crippen LogP contribution in [0.3, 0.4) is 0 Å². The fourth-order valence-electron chi connectivity index (χ4n) is 4.35. The molecule has 180 valence electrons. The zero-order valence-corrected chi connectivity index (χ0v) is 20.5. The van der Waals surface area contributed by atoms with Gasteiger partial charge in [-0.2, -0.15) is 0 Å². The van der Waals surface area contributed by atoms with E-state index in [0.717, 1.165) is 28.7 Å². The summed E-state index contributed by atoms with van der Waals surface area (Å²) in [5, 5.41) is 11.3. The Hall–Kier alpha value is -3.93. The van der Waals surface area contributed by atoms with E-state index in [9.17, 15) is 14.7 Å². The lowest BCUT2D eigenvalue weighted by Crippen LogP contribution is -2.29. The first-order chi connectivity index (χ1) is 16.8. The van der Waals surface area contributed by atoms with Crippen LogP contribution in [0.1, 0.15) is 54.6 Å². The molecular weight excluding hydrogens is 440 g/mol. The Morgan fingerprint density at radius 1 is 1.09 bits per heavy atom. The van der Waals surface area contributed by atoms with Gasteiger partial charge in [0.15, 0.2) is 0 Å². The number of aliphatic hydroxyl groups is 1. The molecule has 0 saturated carbocycles. The molecule has 6 nitrogen and oxygen atoms in total. The zero-order chi connectivity index (χ0) is 25.1. The van der Waals surface area contributed by atoms with Crippen LogP contribution in [-0.4, -0.2) is 32.8 Å². The Bertz CT molecular complexity index is 1260. The summed E-state index contributed by atoms with van der Waals surface area (Å²) in [6.07, 6.45) is 4.22. The van der Waals surface area contributed by atoms with E-state index in [-0.39, 0.29) is 24.0 Å². The van der Waals surface area contributed by atoms with E-state index in [1.807, 2.05) is 51.1 Å². The quantitative estimate of drug-likeness (QED) is 0.286. The summed E-state index contributed by atoms with van der Waals surface area (Å²) < 4.78 is 5.81. The van der Waals surface area contributed by atoms with E-state index >= 15 is 0 Å². The molecular formula is C29H30N2O4. The number of aromatic nitrogens is 1. The number of ether oxygens (including phenoxy) is 1. The Morgan fingerprint density at radius 3 is 2.43 bits per heavy atom. The van der Waals surface area contributed by atoms with Gasteiger partial charge in [-0.15, -0.1) is 0 Å². The van der Waals surface area contributed by atoms with Crippen LogP contribution in [0.15, 0.2) is 72.6 Å². The van der Waals surface area contributed by atoms with E-state index in [1.165, 1.54) is 4.90 Å². The van der Waals surface area contributed by atoms with Crippen LogP contribution in [0, 0.1) is 6.92 Å². The molecule has 2 aromatic carbocycles. The van der Waals surface area contributed by atoms with Crippen molar-refractivity contribution >= 4 is 17.4 Å². The number of ketones is 1. The summed E-state index contributed by atoms with van der Waals surface area (Å²) in [7, 11) is 0. The standard InChI is InChI=1S/C29H30N2O4/c1-5-20-8-10-22(11-9-20)26-25(27(32)23-12-13-24(19(4)15-23)35-18(2)3)28(33)29(34)31(26)17-21-7-6-14-30-16-21/h6-16,18,26,32H,5,17H2,1-4H3/b27-25+/t26-/m1/s1. The highest BCUT2D eigenvalue weighted by Crippen LogP contribution is 2.40. The molecule has 1 aliphatic heterocycles. The molecule has 1 N–H and O–H groups in total. The van der Waals surface area contributed by atoms with Gasteiger partial charge in [-0.25, -0.2) is 0 Å². The molecule has 35 heavy (non-hydrogen) atoms. The molecule has 1 aromatic heterocycles. The molecule has 1 fully saturated rings. The number of carbonyl (C=O) groups excluding carboxylic acids is 2. The van der Waals surface area contributed by atoms with E-state index < -0.39 is 17.7 Å². The molecule has 6 heteroatoms. The number of amides is 1. The van der Waals surface area contributed by atoms with Crippen LogP contribution in [0.4, 0.5) is 0 Å². The lowest BCUT2D eigenvalue weighted by molar-refractivity contribution is -0.140. The van der Waals surface area contributed by atoms with E-state index in [1.54, 1.807) is 36.7 Å². The molecule has 1 amide bonds. The average Bonchev–Trinajstić information content (AvgIpc) is 3.10. The third-order valence-corrected chi connectivity index (χ3v) is 6.13. The van der Waals surface area contributed by atoms with Crippen LogP contribution >= 0.6 is 0 Å². The fourth-order valence-corrected chi connectivity index (χ4v) is 4.35. The average molecular weight is 471 g/mol. The van der Waals surface area contributed by atoms with Crippen molar-refractivity contribution in [3.05, 3.63) is 100 Å². The number of hydrogen-bond acceptors (Lipinski definition) is 5. The molecule has 4 rings (SSSR count). The molecule has 0 spiro atoms. The summed E-state index contributed by atoms with van der Waals surface area (Å²) in [5.74, 6) is -0.825. The zero-order valence-electron chi connectivity index (χ0n) is 20.5. The van der Waals surface area contributed by atoms with Crippen LogP contribution in [-0.2, 0) is 22.6 Å². The van der Waals surface area contributed by atoms with E-state index in [4.69, 9.17) is 4.74 Å². The molecule has 1 atom stereocenters. The van der Waals surface area contributed by atoms with Crippen LogP contribution in [0.25, 0.3) is 5.76 Å². The Labute approximate surface area is 205 Å². The minimum Gasteiger partial charge on any atom is -0.507 e. The lowest BCUT2D eigenvalue weighted by Gasteiger charge is -2.25. The highest BCUT2D eigenvalue weighted by molar-refractivity contribution is 6.46. The number of benzene rings is 2. The smallest absolute Gasteiger partial charge is 0.295 e. The number of nitrogens with zero attached hydrogens (tertiary/aromatic N) is 2. The molecule has 0 unspecified atom stereocenters. The van der Waals surface area contributed by atoms with Gasteiger partial charge in [-0.05, 0) is 73.7 Å². The number of carbonyl (C=O) groups is 2. The van der Waals surface area contributed by atoms with Gasteiger partial charge in [0.1, 0.15) is 11.5 Å². The summed E-state index contributed by atoms with van der Waals surface area (Å²) in [5.41, 5.74) is 4.10. The Morgan fingerprint density at radius 2 is 1.83 bits per heavy atom. The van der Waals surface area contributed by atoms with Crippen molar-refractivity contribution in [1.29, 1.82) is 0 Å². The van der Waals surface area contributed by atoms with Gasteiger partial charge in [0.05, 0.1) is 17.7 Å². The Kier molecular flexibility index (Phi) is 7.01. The molecule has 3 aromatic rings. The maximum atomic E-state index is 13.3. The number of likely N-dealkylation sites (tertiary alicyclic amines) is 1. The third kappa shape index (κ3) is 4.97. The van der Waals surface area contributed by atoms with Crippen molar-refractivity contribution in [1.82, 2.24) is 9.88 Å². The molecule has 0 radical (unpaired) electrons. The normalized spacial score (nSPS) is 17.3. The highest BCUT2D eigenvalue weighted by atomic mass is 16.5. The minimum absolute atomic E-state index is 0.0111. The van der Waals surface area contributed by atoms with Crippen molar-refractivity contribution < 1.29 is 19.4 Å². The molecule has 0 aliphatic carbocycles. The number of aryl methyl sites for hydroxylation is 2. The molecule has 1 saturated heterocycles. The monoisotopic (exact) mass is 470 g/mol. The summed E-state index contributed by atoms with van der Waals surface area (Å²) in [6.45, 7) is 8.05. The molecule has 2 heterocycles. The number of pyridine rings is 1. The van der Waals surface area contributed by atoms with Gasteiger partial charge in [-0.1, -0.05) is 37.3 Å². The Balaban J connectivity index is 1.82. The molecule has 0 bridgehead atoms. The predicted octanol–water partition coefficient (Wildman–Crippen LogP) is 5.36. The maximum absolute atomic E-state index is 13.3. The second-order valence-electron chi connectivity index (χ2n) is 9.03. The fraction of sp³-hybridized carbons (Fsp3) is 0.276. The van der Waals surface area contributed by atoms with Crippen LogP contribution in [0.5, 0.6) is 5.75 Å². The predicted molar refractivity (Wildman–Crippen MR) is 135 cm³/mol. The van der Waals surface area contributed by atoms with Gasteiger partial charge in [0.25, 0.3) is 11.7 Å². The first-order valence-electron chi connectivity index (χ1n) is 11.8. The van der Waals surface area contributed by atoms with Gasteiger partial charge >= 0.3 is 0 Å². The number of rotatable bonds is 7. The van der Waals surface area contributed by atoms with Crippen LogP contribution < -0.4 is 4.74 Å². The van der Waals surface area contributed by atoms with Crippen LogP contribution in [0.2, 0.25) is 0 Å². The van der Waals surface area contributed by atoms with Gasteiger partial charge < -0.3 is 14.7 Å². The largest absolute Gasteiger partial charge is 0.507 e. The maximum Gasteiger partial charge on any atom is 0.295 e. The van der Waals surface area contributed by atoms with Crippen molar-refractivity contribution in [3.63, 3.8) is 0 Å². The SMILES string of the molecule is CCc1ccc([C@@H]2/C(=C(\O)c3ccc(OC(C)C)c(C)c3)C(=O)C(=O)N2Cc2cccnc2)cc1. The second-order valence-corrected chi connectivity index (χ2v) is 9.03.